The van der Waals surface area contributed by atoms with E-state index in [0.29, 0.717) is 13.2 Å². The van der Waals surface area contributed by atoms with Gasteiger partial charge in [-0.15, -0.1) is 0 Å². The number of nitrogens with zero attached hydrogens (tertiary/aromatic N) is 1. The predicted molar refractivity (Wildman–Crippen MR) is 64.7 cm³/mol. The van der Waals surface area contributed by atoms with Crippen LogP contribution in [0.15, 0.2) is 0 Å². The molecule has 96 valence electrons. The molecule has 4 heteroatoms. The molecule has 0 radical (unpaired) electrons. The zero-order chi connectivity index (χ0) is 12.2. The van der Waals surface area contributed by atoms with Crippen LogP contribution in [0, 0.1) is 0 Å². The highest BCUT2D eigenvalue weighted by Crippen LogP contribution is 2.03. The standard InChI is InChI=1S/C12H25NO3/c1-3-4-5-6-7-8-13(9-10-16-2)11-12(14)15/h3-11H2,1-2H3,(H,14,15). The number of carboxylic acid groups (broad SMARTS) is 1. The highest BCUT2D eigenvalue weighted by molar-refractivity contribution is 5.69. The Kier molecular flexibility index (Phi) is 10.5. The Hall–Kier alpha value is -0.610. The van der Waals surface area contributed by atoms with E-state index in [0.717, 1.165) is 13.0 Å². The predicted octanol–water partition coefficient (Wildman–Crippen LogP) is 1.99. The lowest BCUT2D eigenvalue weighted by Gasteiger charge is -2.19. The van der Waals surface area contributed by atoms with Crippen LogP contribution in [0.5, 0.6) is 0 Å². The van der Waals surface area contributed by atoms with Gasteiger partial charge in [-0.3, -0.25) is 9.69 Å². The summed E-state index contributed by atoms with van der Waals surface area (Å²) in [6, 6.07) is 0. The molecule has 0 spiro atoms. The maximum atomic E-state index is 10.6. The minimum atomic E-state index is -0.760. The largest absolute Gasteiger partial charge is 0.480 e. The van der Waals surface area contributed by atoms with Crippen LogP contribution in [0.4, 0.5) is 0 Å². The van der Waals surface area contributed by atoms with Gasteiger partial charge >= 0.3 is 5.97 Å². The highest BCUT2D eigenvalue weighted by atomic mass is 16.5. The number of carboxylic acids is 1. The Bertz CT molecular complexity index is 174. The second-order valence-electron chi connectivity index (χ2n) is 4.08. The van der Waals surface area contributed by atoms with Crippen LogP contribution >= 0.6 is 0 Å². The zero-order valence-corrected chi connectivity index (χ0v) is 10.6. The summed E-state index contributed by atoms with van der Waals surface area (Å²) in [4.78, 5) is 12.6. The van der Waals surface area contributed by atoms with Crippen molar-refractivity contribution < 1.29 is 14.6 Å². The van der Waals surface area contributed by atoms with Gasteiger partial charge in [-0.1, -0.05) is 32.6 Å². The summed E-state index contributed by atoms with van der Waals surface area (Å²) in [5, 5.41) is 8.74. The van der Waals surface area contributed by atoms with Gasteiger partial charge < -0.3 is 9.84 Å². The van der Waals surface area contributed by atoms with Crippen molar-refractivity contribution in [2.75, 3.05) is 33.4 Å². The van der Waals surface area contributed by atoms with Gasteiger partial charge in [0.2, 0.25) is 0 Å². The molecule has 1 N–H and O–H groups in total. The number of hydrogen-bond acceptors (Lipinski definition) is 3. The SMILES string of the molecule is CCCCCCCN(CCOC)CC(=O)O. The van der Waals surface area contributed by atoms with Crippen molar-refractivity contribution in [3.8, 4) is 0 Å². The van der Waals surface area contributed by atoms with Crippen LogP contribution in [0.25, 0.3) is 0 Å². The molecule has 0 aliphatic heterocycles. The first-order valence-electron chi connectivity index (χ1n) is 6.13. The summed E-state index contributed by atoms with van der Waals surface area (Å²) in [5.41, 5.74) is 0. The fraction of sp³-hybridized carbons (Fsp3) is 0.917. The van der Waals surface area contributed by atoms with Crippen LogP contribution in [0.3, 0.4) is 0 Å². The van der Waals surface area contributed by atoms with E-state index in [1.165, 1.54) is 25.7 Å². The maximum absolute atomic E-state index is 10.6. The summed E-state index contributed by atoms with van der Waals surface area (Å²) < 4.78 is 4.96. The quantitative estimate of drug-likeness (QED) is 0.552. The third kappa shape index (κ3) is 9.93. The molecule has 0 saturated heterocycles. The van der Waals surface area contributed by atoms with E-state index < -0.39 is 5.97 Å². The molecular weight excluding hydrogens is 206 g/mol. The first-order valence-corrected chi connectivity index (χ1v) is 6.13. The molecule has 0 unspecified atom stereocenters. The van der Waals surface area contributed by atoms with Crippen LogP contribution in [-0.2, 0) is 9.53 Å². The molecular formula is C12H25NO3. The molecule has 0 amide bonds. The number of aliphatic carboxylic acids is 1. The third-order valence-corrected chi connectivity index (χ3v) is 2.55. The Balaban J connectivity index is 3.60. The third-order valence-electron chi connectivity index (χ3n) is 2.55. The van der Waals surface area contributed by atoms with E-state index >= 15 is 0 Å². The number of unbranched alkanes of at least 4 members (excludes halogenated alkanes) is 4. The van der Waals surface area contributed by atoms with Gasteiger partial charge in [-0.25, -0.2) is 0 Å². The van der Waals surface area contributed by atoms with E-state index in [1.807, 2.05) is 4.90 Å². The lowest BCUT2D eigenvalue weighted by Crippen LogP contribution is -2.33. The minimum absolute atomic E-state index is 0.122. The number of methoxy groups -OCH3 is 1. The monoisotopic (exact) mass is 231 g/mol. The molecule has 0 aromatic rings. The number of ether oxygens (including phenoxy) is 1. The summed E-state index contributed by atoms with van der Waals surface area (Å²) in [6.07, 6.45) is 6.04. The highest BCUT2D eigenvalue weighted by Gasteiger charge is 2.08. The van der Waals surface area contributed by atoms with E-state index in [9.17, 15) is 4.79 Å². The molecule has 0 heterocycles. The van der Waals surface area contributed by atoms with Crippen LogP contribution < -0.4 is 0 Å². The van der Waals surface area contributed by atoms with E-state index in [2.05, 4.69) is 6.92 Å². The molecule has 0 fully saturated rings. The second-order valence-corrected chi connectivity index (χ2v) is 4.08. The fourth-order valence-corrected chi connectivity index (χ4v) is 1.62. The lowest BCUT2D eigenvalue weighted by atomic mass is 10.1. The van der Waals surface area contributed by atoms with Gasteiger partial charge in [0.25, 0.3) is 0 Å². The normalized spacial score (nSPS) is 10.9. The topological polar surface area (TPSA) is 49.8 Å². The maximum Gasteiger partial charge on any atom is 0.317 e. The number of rotatable bonds is 11. The lowest BCUT2D eigenvalue weighted by molar-refractivity contribution is -0.138. The average molecular weight is 231 g/mol. The van der Waals surface area contributed by atoms with Gasteiger partial charge in [0.05, 0.1) is 13.2 Å². The van der Waals surface area contributed by atoms with Gasteiger partial charge in [-0.05, 0) is 13.0 Å². The average Bonchev–Trinajstić information content (AvgIpc) is 2.24. The second kappa shape index (κ2) is 10.9. The van der Waals surface area contributed by atoms with E-state index in [-0.39, 0.29) is 6.54 Å². The molecule has 0 bridgehead atoms. The summed E-state index contributed by atoms with van der Waals surface area (Å²) in [7, 11) is 1.64. The van der Waals surface area contributed by atoms with Gasteiger partial charge in [0, 0.05) is 13.7 Å². The van der Waals surface area contributed by atoms with Crippen molar-refractivity contribution in [1.29, 1.82) is 0 Å². The Morgan fingerprint density at radius 1 is 1.19 bits per heavy atom. The fourth-order valence-electron chi connectivity index (χ4n) is 1.62. The molecule has 0 atom stereocenters. The molecule has 0 aliphatic rings. The molecule has 0 aromatic heterocycles. The summed E-state index contributed by atoms with van der Waals surface area (Å²) in [5.74, 6) is -0.760. The van der Waals surface area contributed by atoms with E-state index in [1.54, 1.807) is 7.11 Å². The molecule has 0 rings (SSSR count). The zero-order valence-electron chi connectivity index (χ0n) is 10.6. The van der Waals surface area contributed by atoms with Crippen LogP contribution in [0.1, 0.15) is 39.0 Å². The van der Waals surface area contributed by atoms with Crippen molar-refractivity contribution in [2.24, 2.45) is 0 Å². The van der Waals surface area contributed by atoms with E-state index in [4.69, 9.17) is 9.84 Å². The Labute approximate surface area is 98.6 Å². The van der Waals surface area contributed by atoms with Crippen molar-refractivity contribution in [3.05, 3.63) is 0 Å². The molecule has 4 nitrogen and oxygen atoms in total. The van der Waals surface area contributed by atoms with Crippen LogP contribution in [0.2, 0.25) is 0 Å². The molecule has 16 heavy (non-hydrogen) atoms. The Morgan fingerprint density at radius 3 is 2.44 bits per heavy atom. The minimum Gasteiger partial charge on any atom is -0.480 e. The Morgan fingerprint density at radius 2 is 1.88 bits per heavy atom. The summed E-state index contributed by atoms with van der Waals surface area (Å²) >= 11 is 0. The number of hydrogen-bond donors (Lipinski definition) is 1. The van der Waals surface area contributed by atoms with Crippen molar-refractivity contribution in [2.45, 2.75) is 39.0 Å². The smallest absolute Gasteiger partial charge is 0.317 e. The first kappa shape index (κ1) is 15.4. The van der Waals surface area contributed by atoms with Gasteiger partial charge in [-0.2, -0.15) is 0 Å². The van der Waals surface area contributed by atoms with Crippen molar-refractivity contribution in [1.82, 2.24) is 4.90 Å². The molecule has 0 aromatic carbocycles. The molecule has 0 saturated carbocycles. The summed E-state index contributed by atoms with van der Waals surface area (Å²) in [6.45, 7) is 4.48. The first-order chi connectivity index (χ1) is 7.70. The van der Waals surface area contributed by atoms with Gasteiger partial charge in [0.1, 0.15) is 0 Å². The van der Waals surface area contributed by atoms with Crippen LogP contribution in [-0.4, -0.2) is 49.3 Å². The van der Waals surface area contributed by atoms with Gasteiger partial charge in [0.15, 0.2) is 0 Å². The molecule has 0 aliphatic carbocycles. The number of carbonyl (C=O) groups is 1. The van der Waals surface area contributed by atoms with Crippen molar-refractivity contribution in [3.63, 3.8) is 0 Å². The van der Waals surface area contributed by atoms with Crippen molar-refractivity contribution >= 4 is 5.97 Å².